The summed E-state index contributed by atoms with van der Waals surface area (Å²) in [6.07, 6.45) is 0.700. The molecular formula is C27H33ClN2O4. The summed E-state index contributed by atoms with van der Waals surface area (Å²) in [6.45, 7) is 7.79. The maximum atomic E-state index is 13.1. The van der Waals surface area contributed by atoms with Crippen molar-refractivity contribution in [3.63, 3.8) is 0 Å². The van der Waals surface area contributed by atoms with Gasteiger partial charge in [-0.1, -0.05) is 37.6 Å². The van der Waals surface area contributed by atoms with Gasteiger partial charge in [0.1, 0.15) is 11.5 Å². The first-order valence-corrected chi connectivity index (χ1v) is 11.9. The van der Waals surface area contributed by atoms with Crippen molar-refractivity contribution in [3.8, 4) is 5.75 Å². The van der Waals surface area contributed by atoms with Crippen molar-refractivity contribution >= 4 is 29.1 Å². The highest BCUT2D eigenvalue weighted by Gasteiger charge is 2.45. The van der Waals surface area contributed by atoms with E-state index >= 15 is 0 Å². The van der Waals surface area contributed by atoms with Gasteiger partial charge in [0.2, 0.25) is 0 Å². The van der Waals surface area contributed by atoms with Gasteiger partial charge in [0.05, 0.1) is 18.2 Å². The molecule has 1 aliphatic heterocycles. The van der Waals surface area contributed by atoms with E-state index in [0.29, 0.717) is 36.1 Å². The number of aryl methyl sites for hydroxylation is 1. The van der Waals surface area contributed by atoms with Crippen LogP contribution in [0.4, 0.5) is 0 Å². The number of aliphatic hydroxyl groups is 1. The molecular weight excluding hydrogens is 452 g/mol. The van der Waals surface area contributed by atoms with Crippen LogP contribution in [0.5, 0.6) is 5.75 Å². The van der Waals surface area contributed by atoms with E-state index < -0.39 is 17.7 Å². The maximum Gasteiger partial charge on any atom is 0.295 e. The number of hydrogen-bond acceptors (Lipinski definition) is 5. The topological polar surface area (TPSA) is 70.1 Å². The number of Topliss-reactive ketones (excluding diaryl/α,β-unsaturated/α-hetero) is 1. The van der Waals surface area contributed by atoms with Crippen molar-refractivity contribution < 1.29 is 19.4 Å². The molecule has 6 nitrogen and oxygen atoms in total. The first kappa shape index (κ1) is 25.8. The Morgan fingerprint density at radius 1 is 1.15 bits per heavy atom. The molecule has 7 heteroatoms. The minimum atomic E-state index is -0.684. The first-order chi connectivity index (χ1) is 16.1. The van der Waals surface area contributed by atoms with Gasteiger partial charge in [0.15, 0.2) is 0 Å². The zero-order chi connectivity index (χ0) is 25.0. The Balaban J connectivity index is 2.03. The highest BCUT2D eigenvalue weighted by Crippen LogP contribution is 2.40. The van der Waals surface area contributed by atoms with Crippen molar-refractivity contribution in [2.45, 2.75) is 33.2 Å². The quantitative estimate of drug-likeness (QED) is 0.306. The lowest BCUT2D eigenvalue weighted by molar-refractivity contribution is -0.139. The fourth-order valence-electron chi connectivity index (χ4n) is 4.03. The van der Waals surface area contributed by atoms with E-state index in [2.05, 4.69) is 13.8 Å². The van der Waals surface area contributed by atoms with E-state index in [0.717, 1.165) is 23.4 Å². The molecule has 34 heavy (non-hydrogen) atoms. The van der Waals surface area contributed by atoms with Gasteiger partial charge in [-0.25, -0.2) is 0 Å². The smallest absolute Gasteiger partial charge is 0.295 e. The molecule has 3 rings (SSSR count). The summed E-state index contributed by atoms with van der Waals surface area (Å²) >= 11 is 6.08. The van der Waals surface area contributed by atoms with Gasteiger partial charge >= 0.3 is 0 Å². The summed E-state index contributed by atoms with van der Waals surface area (Å²) in [5.41, 5.74) is 2.13. The third-order valence-corrected chi connectivity index (χ3v) is 6.00. The van der Waals surface area contributed by atoms with Crippen LogP contribution < -0.4 is 4.74 Å². The van der Waals surface area contributed by atoms with Crippen LogP contribution in [0.2, 0.25) is 5.02 Å². The molecule has 1 N–H and O–H groups in total. The Hall–Kier alpha value is -2.83. The van der Waals surface area contributed by atoms with Crippen LogP contribution in [-0.4, -0.2) is 60.4 Å². The van der Waals surface area contributed by atoms with Gasteiger partial charge in [0.25, 0.3) is 11.7 Å². The highest BCUT2D eigenvalue weighted by atomic mass is 35.5. The van der Waals surface area contributed by atoms with E-state index in [-0.39, 0.29) is 11.3 Å². The molecule has 1 saturated heterocycles. The molecule has 1 atom stereocenters. The average Bonchev–Trinajstić information content (AvgIpc) is 3.03. The van der Waals surface area contributed by atoms with Gasteiger partial charge in [-0.05, 0) is 81.4 Å². The third-order valence-electron chi connectivity index (χ3n) is 5.75. The number of nitrogens with zero attached hydrogens (tertiary/aromatic N) is 2. The zero-order valence-corrected chi connectivity index (χ0v) is 21.2. The summed E-state index contributed by atoms with van der Waals surface area (Å²) < 4.78 is 5.84. The van der Waals surface area contributed by atoms with Crippen molar-refractivity contribution in [3.05, 3.63) is 69.8 Å². The van der Waals surface area contributed by atoms with Crippen LogP contribution in [0.3, 0.4) is 0 Å². The molecule has 182 valence electrons. The molecule has 1 fully saturated rings. The molecule has 0 unspecified atom stereocenters. The fraction of sp³-hybridized carbons (Fsp3) is 0.407. The highest BCUT2D eigenvalue weighted by molar-refractivity contribution is 6.46. The molecule has 2 aromatic rings. The van der Waals surface area contributed by atoms with Crippen LogP contribution >= 0.6 is 11.6 Å². The van der Waals surface area contributed by atoms with Gasteiger partial charge in [-0.3, -0.25) is 9.59 Å². The number of carbonyl (C=O) groups is 2. The van der Waals surface area contributed by atoms with E-state index in [4.69, 9.17) is 16.3 Å². The predicted octanol–water partition coefficient (Wildman–Crippen LogP) is 5.06. The molecule has 0 aliphatic carbocycles. The Morgan fingerprint density at radius 3 is 2.41 bits per heavy atom. The maximum absolute atomic E-state index is 13.1. The first-order valence-electron chi connectivity index (χ1n) is 11.5. The van der Waals surface area contributed by atoms with E-state index in [1.807, 2.05) is 25.9 Å². The Kier molecular flexibility index (Phi) is 8.39. The van der Waals surface area contributed by atoms with E-state index in [9.17, 15) is 14.7 Å². The van der Waals surface area contributed by atoms with Crippen molar-refractivity contribution in [2.24, 2.45) is 5.92 Å². The predicted molar refractivity (Wildman–Crippen MR) is 135 cm³/mol. The monoisotopic (exact) mass is 484 g/mol. The second-order valence-corrected chi connectivity index (χ2v) is 9.82. The van der Waals surface area contributed by atoms with Crippen LogP contribution in [0, 0.1) is 12.8 Å². The largest absolute Gasteiger partial charge is 0.507 e. The number of halogens is 1. The molecule has 0 bridgehead atoms. The van der Waals surface area contributed by atoms with Gasteiger partial charge in [0, 0.05) is 17.1 Å². The minimum absolute atomic E-state index is 0.0902. The molecule has 2 aromatic carbocycles. The standard InChI is InChI=1S/C27H33ClN2O4/c1-17(2)16-34-22-12-9-20(15-18(22)3)25(31)23-24(19-7-10-21(28)11-8-19)30(27(33)26(23)32)14-6-13-29(4)5/h7-12,15,17,24,31H,6,13-14,16H2,1-5H3/t24-/m1/s1. The number of likely N-dealkylation sites (tertiary alicyclic amines) is 1. The second-order valence-electron chi connectivity index (χ2n) is 9.39. The lowest BCUT2D eigenvalue weighted by atomic mass is 9.94. The molecule has 0 spiro atoms. The number of ether oxygens (including phenoxy) is 1. The lowest BCUT2D eigenvalue weighted by Crippen LogP contribution is -2.32. The number of aliphatic hydroxyl groups excluding tert-OH is 1. The normalized spacial score (nSPS) is 17.8. The van der Waals surface area contributed by atoms with Crippen LogP contribution in [0.25, 0.3) is 5.76 Å². The molecule has 0 saturated carbocycles. The minimum Gasteiger partial charge on any atom is -0.507 e. The summed E-state index contributed by atoms with van der Waals surface area (Å²) in [5.74, 6) is -0.361. The Bertz CT molecular complexity index is 1080. The van der Waals surface area contributed by atoms with Crippen molar-refractivity contribution in [1.29, 1.82) is 0 Å². The number of amides is 1. The number of rotatable bonds is 9. The molecule has 0 radical (unpaired) electrons. The van der Waals surface area contributed by atoms with Crippen LogP contribution in [0.15, 0.2) is 48.0 Å². The molecule has 0 aromatic heterocycles. The summed E-state index contributed by atoms with van der Waals surface area (Å²) in [5, 5.41) is 11.8. The van der Waals surface area contributed by atoms with Crippen LogP contribution in [-0.2, 0) is 9.59 Å². The van der Waals surface area contributed by atoms with Crippen molar-refractivity contribution in [2.75, 3.05) is 33.8 Å². The summed E-state index contributed by atoms with van der Waals surface area (Å²) in [4.78, 5) is 29.7. The van der Waals surface area contributed by atoms with Gasteiger partial charge < -0.3 is 19.6 Å². The Labute approximate surface area is 206 Å². The van der Waals surface area contributed by atoms with Gasteiger partial charge in [-0.2, -0.15) is 0 Å². The zero-order valence-electron chi connectivity index (χ0n) is 20.5. The fourth-order valence-corrected chi connectivity index (χ4v) is 4.16. The molecule has 1 heterocycles. The number of hydrogen-bond donors (Lipinski definition) is 1. The summed E-state index contributed by atoms with van der Waals surface area (Å²) in [6, 6.07) is 11.6. The second kappa shape index (κ2) is 11.1. The SMILES string of the molecule is Cc1cc(C(O)=C2C(=O)C(=O)N(CCCN(C)C)[C@@H]2c2ccc(Cl)cc2)ccc1OCC(C)C. The number of ketones is 1. The van der Waals surface area contributed by atoms with Crippen molar-refractivity contribution in [1.82, 2.24) is 9.80 Å². The molecule has 1 aliphatic rings. The average molecular weight is 485 g/mol. The van der Waals surface area contributed by atoms with E-state index in [1.54, 1.807) is 47.4 Å². The van der Waals surface area contributed by atoms with E-state index in [1.165, 1.54) is 0 Å². The number of benzene rings is 2. The Morgan fingerprint density at radius 2 is 1.82 bits per heavy atom. The van der Waals surface area contributed by atoms with Crippen LogP contribution in [0.1, 0.15) is 43.0 Å². The molecule has 1 amide bonds. The number of carbonyl (C=O) groups excluding carboxylic acids is 2. The third kappa shape index (κ3) is 5.80. The summed E-state index contributed by atoms with van der Waals surface area (Å²) in [7, 11) is 3.92. The lowest BCUT2D eigenvalue weighted by Gasteiger charge is -2.26. The van der Waals surface area contributed by atoms with Gasteiger partial charge in [-0.15, -0.1) is 0 Å².